The van der Waals surface area contributed by atoms with Crippen LogP contribution in [0, 0.1) is 0 Å². The fraction of sp³-hybridized carbons (Fsp3) is 0.208. The number of methoxy groups -OCH3 is 1. The number of rotatable bonds is 7. The zero-order valence-electron chi connectivity index (χ0n) is 17.6. The molecule has 158 valence electrons. The molecule has 0 fully saturated rings. The van der Waals surface area contributed by atoms with Crippen LogP contribution in [0.25, 0.3) is 10.2 Å². The molecule has 2 aromatic carbocycles. The number of benzene rings is 2. The minimum Gasteiger partial charge on any atom is -0.497 e. The van der Waals surface area contributed by atoms with Gasteiger partial charge in [0.05, 0.1) is 23.9 Å². The van der Waals surface area contributed by atoms with Gasteiger partial charge in [-0.2, -0.15) is 0 Å². The molecule has 0 N–H and O–H groups in total. The van der Waals surface area contributed by atoms with Gasteiger partial charge in [0.25, 0.3) is 5.91 Å². The number of fused-ring (bicyclic) bond motifs is 1. The fourth-order valence-corrected chi connectivity index (χ4v) is 5.05. The molecule has 31 heavy (non-hydrogen) atoms. The summed E-state index contributed by atoms with van der Waals surface area (Å²) in [5.41, 5.74) is 2.43. The second kappa shape index (κ2) is 9.49. The SMILES string of the molecule is COc1ccc2nc(N(Cc3cccnc3)C(=O)c3cccc(SC(C)C)c3)sc2c1. The Bertz CT molecular complexity index is 1190. The van der Waals surface area contributed by atoms with Crippen molar-refractivity contribution in [3.63, 3.8) is 0 Å². The summed E-state index contributed by atoms with van der Waals surface area (Å²) in [6.45, 7) is 4.68. The summed E-state index contributed by atoms with van der Waals surface area (Å²) in [5.74, 6) is 0.687. The van der Waals surface area contributed by atoms with E-state index in [4.69, 9.17) is 9.72 Å². The molecule has 4 rings (SSSR count). The molecule has 0 saturated carbocycles. The number of nitrogens with zero attached hydrogens (tertiary/aromatic N) is 3. The Balaban J connectivity index is 1.73. The van der Waals surface area contributed by atoms with Crippen molar-refractivity contribution >= 4 is 44.4 Å². The maximum atomic E-state index is 13.6. The van der Waals surface area contributed by atoms with Crippen LogP contribution in [0.4, 0.5) is 5.13 Å². The van der Waals surface area contributed by atoms with Crippen molar-refractivity contribution in [1.82, 2.24) is 9.97 Å². The number of anilines is 1. The van der Waals surface area contributed by atoms with Crippen molar-refractivity contribution in [3.05, 3.63) is 78.1 Å². The fourth-order valence-electron chi connectivity index (χ4n) is 3.17. The standard InChI is InChI=1S/C24H23N3O2S2/c1-16(2)30-20-8-4-7-18(12-20)23(28)27(15-17-6-5-11-25-14-17)24-26-21-10-9-19(29-3)13-22(21)31-24/h4-14,16H,15H2,1-3H3. The van der Waals surface area contributed by atoms with Crippen molar-refractivity contribution in [3.8, 4) is 5.75 Å². The number of hydrogen-bond donors (Lipinski definition) is 0. The molecular formula is C24H23N3O2S2. The van der Waals surface area contributed by atoms with Crippen LogP contribution in [0.15, 0.2) is 71.9 Å². The molecule has 2 aromatic heterocycles. The average molecular weight is 450 g/mol. The lowest BCUT2D eigenvalue weighted by Gasteiger charge is -2.20. The largest absolute Gasteiger partial charge is 0.497 e. The maximum absolute atomic E-state index is 13.6. The van der Waals surface area contributed by atoms with Crippen molar-refractivity contribution in [2.24, 2.45) is 0 Å². The number of thiazole rings is 1. The molecule has 0 aliphatic carbocycles. The molecule has 1 amide bonds. The van der Waals surface area contributed by atoms with Gasteiger partial charge in [0.15, 0.2) is 5.13 Å². The second-order valence-corrected chi connectivity index (χ2v) is 9.94. The van der Waals surface area contributed by atoms with E-state index in [9.17, 15) is 4.79 Å². The Morgan fingerprint density at radius 3 is 2.77 bits per heavy atom. The number of pyridine rings is 1. The van der Waals surface area contributed by atoms with E-state index in [1.807, 2.05) is 54.6 Å². The van der Waals surface area contributed by atoms with Crippen LogP contribution in [0.5, 0.6) is 5.75 Å². The van der Waals surface area contributed by atoms with Crippen LogP contribution in [0.1, 0.15) is 29.8 Å². The van der Waals surface area contributed by atoms with E-state index in [0.29, 0.717) is 22.5 Å². The van der Waals surface area contributed by atoms with E-state index in [-0.39, 0.29) is 5.91 Å². The molecule has 0 spiro atoms. The summed E-state index contributed by atoms with van der Waals surface area (Å²) in [6.07, 6.45) is 3.51. The summed E-state index contributed by atoms with van der Waals surface area (Å²) in [7, 11) is 1.64. The highest BCUT2D eigenvalue weighted by molar-refractivity contribution is 7.99. The molecule has 2 heterocycles. The Hall–Kier alpha value is -2.90. The topological polar surface area (TPSA) is 55.3 Å². The molecule has 5 nitrogen and oxygen atoms in total. The van der Waals surface area contributed by atoms with Gasteiger partial charge in [-0.3, -0.25) is 14.7 Å². The molecule has 0 radical (unpaired) electrons. The minimum absolute atomic E-state index is 0.0823. The molecule has 0 unspecified atom stereocenters. The van der Waals surface area contributed by atoms with E-state index in [2.05, 4.69) is 18.8 Å². The smallest absolute Gasteiger partial charge is 0.260 e. The van der Waals surface area contributed by atoms with Crippen molar-refractivity contribution in [2.45, 2.75) is 30.5 Å². The van der Waals surface area contributed by atoms with Gasteiger partial charge in [-0.1, -0.05) is 37.3 Å². The van der Waals surface area contributed by atoms with Crippen LogP contribution < -0.4 is 9.64 Å². The van der Waals surface area contributed by atoms with Crippen molar-refractivity contribution in [2.75, 3.05) is 12.0 Å². The van der Waals surface area contributed by atoms with E-state index in [0.717, 1.165) is 26.4 Å². The number of carbonyl (C=O) groups excluding carboxylic acids is 1. The third kappa shape index (κ3) is 5.06. The summed E-state index contributed by atoms with van der Waals surface area (Å²) in [4.78, 5) is 25.4. The van der Waals surface area contributed by atoms with Crippen LogP contribution in [-0.4, -0.2) is 28.2 Å². The third-order valence-corrected chi connectivity index (χ3v) is 6.62. The molecule has 4 aromatic rings. The summed E-state index contributed by atoms with van der Waals surface area (Å²) < 4.78 is 6.31. The predicted molar refractivity (Wildman–Crippen MR) is 128 cm³/mol. The lowest BCUT2D eigenvalue weighted by molar-refractivity contribution is 0.0985. The Labute approximate surface area is 190 Å². The van der Waals surface area contributed by atoms with Crippen LogP contribution >= 0.6 is 23.1 Å². The first-order valence-corrected chi connectivity index (χ1v) is 11.6. The van der Waals surface area contributed by atoms with E-state index in [1.165, 1.54) is 11.3 Å². The Morgan fingerprint density at radius 1 is 1.16 bits per heavy atom. The van der Waals surface area contributed by atoms with Crippen LogP contribution in [-0.2, 0) is 6.54 Å². The molecule has 0 atom stereocenters. The van der Waals surface area contributed by atoms with E-state index >= 15 is 0 Å². The number of hydrogen-bond acceptors (Lipinski definition) is 6. The average Bonchev–Trinajstić information content (AvgIpc) is 3.20. The number of ether oxygens (including phenoxy) is 1. The Kier molecular flexibility index (Phi) is 6.53. The first-order valence-electron chi connectivity index (χ1n) is 9.95. The van der Waals surface area contributed by atoms with Crippen LogP contribution in [0.2, 0.25) is 0 Å². The number of aromatic nitrogens is 2. The highest BCUT2D eigenvalue weighted by atomic mass is 32.2. The summed E-state index contributed by atoms with van der Waals surface area (Å²) in [6, 6.07) is 17.4. The molecule has 0 aliphatic heterocycles. The Morgan fingerprint density at radius 2 is 2.03 bits per heavy atom. The van der Waals surface area contributed by atoms with Gasteiger partial charge in [-0.05, 0) is 48.0 Å². The normalized spacial score (nSPS) is 11.1. The molecule has 7 heteroatoms. The van der Waals surface area contributed by atoms with Gasteiger partial charge in [0.2, 0.25) is 0 Å². The monoisotopic (exact) mass is 449 g/mol. The highest BCUT2D eigenvalue weighted by Gasteiger charge is 2.22. The van der Waals surface area contributed by atoms with Gasteiger partial charge < -0.3 is 4.74 Å². The van der Waals surface area contributed by atoms with Gasteiger partial charge in [0.1, 0.15) is 5.75 Å². The highest BCUT2D eigenvalue weighted by Crippen LogP contribution is 2.33. The van der Waals surface area contributed by atoms with Gasteiger partial charge in [-0.25, -0.2) is 4.98 Å². The molecule has 0 saturated heterocycles. The van der Waals surface area contributed by atoms with E-state index < -0.39 is 0 Å². The van der Waals surface area contributed by atoms with Crippen LogP contribution in [0.3, 0.4) is 0 Å². The first-order chi connectivity index (χ1) is 15.0. The first kappa shape index (κ1) is 21.3. The molecule has 0 aliphatic rings. The van der Waals surface area contributed by atoms with Gasteiger partial charge in [0, 0.05) is 28.1 Å². The zero-order valence-corrected chi connectivity index (χ0v) is 19.2. The lowest BCUT2D eigenvalue weighted by Crippen LogP contribution is -2.30. The number of carbonyl (C=O) groups is 1. The zero-order chi connectivity index (χ0) is 21.8. The molecular weight excluding hydrogens is 426 g/mol. The van der Waals surface area contributed by atoms with Gasteiger partial charge >= 0.3 is 0 Å². The summed E-state index contributed by atoms with van der Waals surface area (Å²) in [5, 5.41) is 1.09. The third-order valence-electron chi connectivity index (χ3n) is 4.58. The molecule has 0 bridgehead atoms. The lowest BCUT2D eigenvalue weighted by atomic mass is 10.2. The minimum atomic E-state index is -0.0823. The predicted octanol–water partition coefficient (Wildman–Crippen LogP) is 6.05. The van der Waals surface area contributed by atoms with Gasteiger partial charge in [-0.15, -0.1) is 11.8 Å². The summed E-state index contributed by atoms with van der Waals surface area (Å²) >= 11 is 3.22. The quantitative estimate of drug-likeness (QED) is 0.322. The maximum Gasteiger partial charge on any atom is 0.260 e. The van der Waals surface area contributed by atoms with Crippen molar-refractivity contribution < 1.29 is 9.53 Å². The number of amides is 1. The second-order valence-electron chi connectivity index (χ2n) is 7.28. The number of thioether (sulfide) groups is 1. The van der Waals surface area contributed by atoms with E-state index in [1.54, 1.807) is 36.2 Å². The van der Waals surface area contributed by atoms with Crippen molar-refractivity contribution in [1.29, 1.82) is 0 Å².